The molecular weight excluding hydrogens is 464 g/mol. The van der Waals surface area contributed by atoms with Gasteiger partial charge in [-0.2, -0.15) is 5.10 Å². The van der Waals surface area contributed by atoms with Crippen LogP contribution in [-0.4, -0.2) is 55.3 Å². The highest BCUT2D eigenvalue weighted by molar-refractivity contribution is 5.94. The number of benzene rings is 1. The van der Waals surface area contributed by atoms with Crippen molar-refractivity contribution in [3.8, 4) is 22.6 Å². The molecule has 3 aromatic heterocycles. The molecule has 1 fully saturated rings. The predicted octanol–water partition coefficient (Wildman–Crippen LogP) is 4.93. The molecule has 0 atom stereocenters. The van der Waals surface area contributed by atoms with E-state index in [4.69, 9.17) is 19.8 Å². The van der Waals surface area contributed by atoms with E-state index in [9.17, 15) is 4.79 Å². The molecule has 190 valence electrons. The van der Waals surface area contributed by atoms with E-state index in [1.165, 1.54) is 5.69 Å². The Balaban J connectivity index is 1.44. The number of ether oxygens (including phenoxy) is 1. The number of carbonyl (C=O) groups is 1. The fraction of sp³-hybridized carbons (Fsp3) is 0.414. The maximum atomic E-state index is 12.3. The molecule has 0 radical (unpaired) electrons. The molecule has 6 rings (SSSR count). The number of carbonyl (C=O) groups excluding carboxylic acids is 1. The van der Waals surface area contributed by atoms with Crippen molar-refractivity contribution in [3.63, 3.8) is 0 Å². The normalized spacial score (nSPS) is 16.4. The van der Waals surface area contributed by atoms with Gasteiger partial charge in [0.2, 0.25) is 5.91 Å². The van der Waals surface area contributed by atoms with Crippen LogP contribution in [0, 0.1) is 0 Å². The van der Waals surface area contributed by atoms with E-state index in [1.54, 1.807) is 6.92 Å². The molecule has 4 aromatic rings. The average Bonchev–Trinajstić information content (AvgIpc) is 3.31. The Morgan fingerprint density at radius 2 is 1.92 bits per heavy atom. The molecule has 37 heavy (non-hydrogen) atoms. The summed E-state index contributed by atoms with van der Waals surface area (Å²) < 4.78 is 7.84. The van der Waals surface area contributed by atoms with Crippen molar-refractivity contribution in [3.05, 3.63) is 59.7 Å². The van der Waals surface area contributed by atoms with E-state index < -0.39 is 0 Å². The number of amides is 1. The van der Waals surface area contributed by atoms with Crippen molar-refractivity contribution >= 4 is 16.8 Å². The van der Waals surface area contributed by atoms with Gasteiger partial charge in [0.05, 0.1) is 17.3 Å². The number of hydrogen-bond donors (Lipinski definition) is 0. The van der Waals surface area contributed by atoms with Crippen molar-refractivity contribution in [2.45, 2.75) is 58.5 Å². The van der Waals surface area contributed by atoms with Crippen LogP contribution in [0.1, 0.15) is 62.5 Å². The summed E-state index contributed by atoms with van der Waals surface area (Å²) in [5.74, 6) is 1.13. The SMILES string of the molecule is CC(=O)N1CCc2c(c(-c3cccc4nc(-c5ccc(C(C)C)nc5)ncc34)nn2C2CCOCC2)C1. The highest BCUT2D eigenvalue weighted by atomic mass is 16.5. The molecule has 2 aliphatic heterocycles. The lowest BCUT2D eigenvalue weighted by atomic mass is 9.98. The third-order valence-electron chi connectivity index (χ3n) is 7.58. The molecule has 0 spiro atoms. The molecule has 8 heteroatoms. The Hall–Kier alpha value is -3.65. The lowest BCUT2D eigenvalue weighted by molar-refractivity contribution is -0.129. The van der Waals surface area contributed by atoms with Crippen LogP contribution >= 0.6 is 0 Å². The summed E-state index contributed by atoms with van der Waals surface area (Å²) in [6, 6.07) is 10.5. The fourth-order valence-corrected chi connectivity index (χ4v) is 5.44. The van der Waals surface area contributed by atoms with E-state index in [2.05, 4.69) is 29.6 Å². The zero-order chi connectivity index (χ0) is 25.5. The van der Waals surface area contributed by atoms with Crippen LogP contribution in [-0.2, 0) is 22.5 Å². The van der Waals surface area contributed by atoms with Crippen LogP contribution in [0.5, 0.6) is 0 Å². The van der Waals surface area contributed by atoms with Crippen molar-refractivity contribution in [2.75, 3.05) is 19.8 Å². The van der Waals surface area contributed by atoms with Gasteiger partial charge >= 0.3 is 0 Å². The van der Waals surface area contributed by atoms with E-state index in [0.717, 1.165) is 78.0 Å². The Labute approximate surface area is 216 Å². The summed E-state index contributed by atoms with van der Waals surface area (Å²) in [5.41, 5.74) is 7.13. The molecule has 1 aromatic carbocycles. The second-order valence-corrected chi connectivity index (χ2v) is 10.3. The third kappa shape index (κ3) is 4.39. The lowest BCUT2D eigenvalue weighted by Gasteiger charge is -2.29. The highest BCUT2D eigenvalue weighted by Gasteiger charge is 2.30. The largest absolute Gasteiger partial charge is 0.381 e. The summed E-state index contributed by atoms with van der Waals surface area (Å²) in [7, 11) is 0. The van der Waals surface area contributed by atoms with E-state index in [0.29, 0.717) is 24.3 Å². The van der Waals surface area contributed by atoms with Crippen molar-refractivity contribution in [1.82, 2.24) is 29.6 Å². The van der Waals surface area contributed by atoms with Gasteiger partial charge in [0, 0.05) is 85.5 Å². The predicted molar refractivity (Wildman–Crippen MR) is 142 cm³/mol. The minimum Gasteiger partial charge on any atom is -0.381 e. The molecule has 0 bridgehead atoms. The van der Waals surface area contributed by atoms with Gasteiger partial charge in [-0.1, -0.05) is 26.0 Å². The van der Waals surface area contributed by atoms with Crippen LogP contribution in [0.2, 0.25) is 0 Å². The van der Waals surface area contributed by atoms with E-state index in [-0.39, 0.29) is 5.91 Å². The van der Waals surface area contributed by atoms with Gasteiger partial charge in [0.15, 0.2) is 5.82 Å². The summed E-state index contributed by atoms with van der Waals surface area (Å²) in [6.45, 7) is 8.72. The zero-order valence-electron chi connectivity index (χ0n) is 21.6. The van der Waals surface area contributed by atoms with E-state index in [1.807, 2.05) is 41.6 Å². The number of hydrogen-bond acceptors (Lipinski definition) is 6. The average molecular weight is 497 g/mol. The minimum atomic E-state index is 0.0957. The standard InChI is InChI=1S/C29H32N6O2/c1-18(2)25-8-7-20(15-30-25)29-31-16-23-22(5-4-6-26(23)32-29)28-24-17-34(19(3)36)12-9-27(24)35(33-28)21-10-13-37-14-11-21/h4-8,15-16,18,21H,9-14,17H2,1-3H3. The molecule has 8 nitrogen and oxygen atoms in total. The molecule has 0 aliphatic carbocycles. The quantitative estimate of drug-likeness (QED) is 0.398. The second-order valence-electron chi connectivity index (χ2n) is 10.3. The fourth-order valence-electron chi connectivity index (χ4n) is 5.44. The van der Waals surface area contributed by atoms with Crippen LogP contribution in [0.25, 0.3) is 33.5 Å². The number of pyridine rings is 1. The minimum absolute atomic E-state index is 0.0957. The first-order chi connectivity index (χ1) is 18.0. The monoisotopic (exact) mass is 496 g/mol. The number of aromatic nitrogens is 5. The van der Waals surface area contributed by atoms with Crippen molar-refractivity contribution in [1.29, 1.82) is 0 Å². The van der Waals surface area contributed by atoms with Gasteiger partial charge in [0.25, 0.3) is 0 Å². The molecule has 1 saturated heterocycles. The molecule has 2 aliphatic rings. The molecule has 1 amide bonds. The van der Waals surface area contributed by atoms with Gasteiger partial charge in [-0.15, -0.1) is 0 Å². The first kappa shape index (κ1) is 23.7. The second kappa shape index (κ2) is 9.67. The first-order valence-corrected chi connectivity index (χ1v) is 13.2. The highest BCUT2D eigenvalue weighted by Crippen LogP contribution is 2.37. The third-order valence-corrected chi connectivity index (χ3v) is 7.58. The Morgan fingerprint density at radius 1 is 1.08 bits per heavy atom. The molecule has 0 saturated carbocycles. The molecule has 5 heterocycles. The number of fused-ring (bicyclic) bond motifs is 2. The van der Waals surface area contributed by atoms with E-state index >= 15 is 0 Å². The van der Waals surface area contributed by atoms with Gasteiger partial charge < -0.3 is 9.64 Å². The summed E-state index contributed by atoms with van der Waals surface area (Å²) >= 11 is 0. The van der Waals surface area contributed by atoms with Gasteiger partial charge in [-0.3, -0.25) is 14.5 Å². The Morgan fingerprint density at radius 3 is 2.65 bits per heavy atom. The van der Waals surface area contributed by atoms with Gasteiger partial charge in [-0.25, -0.2) is 9.97 Å². The summed E-state index contributed by atoms with van der Waals surface area (Å²) in [6.07, 6.45) is 6.47. The molecular formula is C29H32N6O2. The van der Waals surface area contributed by atoms with Crippen molar-refractivity contribution in [2.24, 2.45) is 0 Å². The van der Waals surface area contributed by atoms with Crippen LogP contribution in [0.15, 0.2) is 42.7 Å². The van der Waals surface area contributed by atoms with Gasteiger partial charge in [0.1, 0.15) is 0 Å². The van der Waals surface area contributed by atoms with Crippen LogP contribution < -0.4 is 0 Å². The maximum Gasteiger partial charge on any atom is 0.219 e. The number of nitrogens with zero attached hydrogens (tertiary/aromatic N) is 6. The first-order valence-electron chi connectivity index (χ1n) is 13.2. The summed E-state index contributed by atoms with van der Waals surface area (Å²) in [5, 5.41) is 6.15. The summed E-state index contributed by atoms with van der Waals surface area (Å²) in [4.78, 5) is 28.4. The Bertz CT molecular complexity index is 1450. The van der Waals surface area contributed by atoms with Gasteiger partial charge in [-0.05, 0) is 37.0 Å². The molecule has 0 N–H and O–H groups in total. The van der Waals surface area contributed by atoms with Crippen LogP contribution in [0.4, 0.5) is 0 Å². The number of rotatable bonds is 4. The smallest absolute Gasteiger partial charge is 0.219 e. The topological polar surface area (TPSA) is 86.0 Å². The zero-order valence-corrected chi connectivity index (χ0v) is 21.6. The van der Waals surface area contributed by atoms with Crippen LogP contribution in [0.3, 0.4) is 0 Å². The maximum absolute atomic E-state index is 12.3. The molecule has 0 unspecified atom stereocenters. The lowest BCUT2D eigenvalue weighted by Crippen LogP contribution is -2.35. The van der Waals surface area contributed by atoms with Crippen molar-refractivity contribution < 1.29 is 9.53 Å². The Kier molecular flexibility index (Phi) is 6.20.